The van der Waals surface area contributed by atoms with Gasteiger partial charge in [0.25, 0.3) is 5.91 Å². The smallest absolute Gasteiger partial charge is 0.251 e. The number of benzene rings is 1. The van der Waals surface area contributed by atoms with Crippen molar-refractivity contribution in [2.24, 2.45) is 0 Å². The number of hydrogen-bond donors (Lipinski definition) is 3. The lowest BCUT2D eigenvalue weighted by molar-refractivity contribution is -0.120. The van der Waals surface area contributed by atoms with E-state index in [0.717, 1.165) is 0 Å². The van der Waals surface area contributed by atoms with Crippen LogP contribution in [0.15, 0.2) is 18.2 Å². The monoisotopic (exact) mass is 255 g/mol. The average Bonchev–Trinajstić information content (AvgIpc) is 2.25. The molecular formula is C11H14ClN3O2. The van der Waals surface area contributed by atoms with Gasteiger partial charge in [-0.2, -0.15) is 0 Å². The Morgan fingerprint density at radius 2 is 2.00 bits per heavy atom. The van der Waals surface area contributed by atoms with E-state index in [1.54, 1.807) is 13.0 Å². The number of nitrogen functional groups attached to an aromatic ring is 1. The fraction of sp³-hybridized carbons (Fsp3) is 0.273. The molecule has 1 aromatic carbocycles. The third-order valence-corrected chi connectivity index (χ3v) is 2.18. The van der Waals surface area contributed by atoms with Crippen LogP contribution in [0.3, 0.4) is 0 Å². The predicted molar refractivity (Wildman–Crippen MR) is 66.9 cm³/mol. The molecule has 5 nitrogen and oxygen atoms in total. The van der Waals surface area contributed by atoms with Crippen LogP contribution in [-0.2, 0) is 4.79 Å². The second kappa shape index (κ2) is 6.10. The first-order valence-electron chi connectivity index (χ1n) is 5.14. The number of carbonyl (C=O) groups excluding carboxylic acids is 2. The van der Waals surface area contributed by atoms with E-state index in [9.17, 15) is 9.59 Å². The van der Waals surface area contributed by atoms with E-state index in [1.165, 1.54) is 12.1 Å². The Hall–Kier alpha value is -1.75. The number of halogens is 1. The van der Waals surface area contributed by atoms with Gasteiger partial charge in [0, 0.05) is 22.8 Å². The number of likely N-dealkylation sites (N-methyl/N-ethyl adjacent to an activating group) is 1. The number of nitrogens with two attached hydrogens (primary N) is 1. The fourth-order valence-electron chi connectivity index (χ4n) is 1.27. The number of nitrogens with one attached hydrogen (secondary N) is 2. The standard InChI is InChI=1S/C11H14ClN3O2/c1-2-14-10(16)6-15-11(17)7-3-8(12)5-9(13)4-7/h3-5H,2,6,13H2,1H3,(H,14,16)(H,15,17). The minimum absolute atomic E-state index is 0.0703. The van der Waals surface area contributed by atoms with Crippen molar-refractivity contribution in [3.8, 4) is 0 Å². The van der Waals surface area contributed by atoms with Gasteiger partial charge in [0.05, 0.1) is 6.54 Å². The van der Waals surface area contributed by atoms with Crippen molar-refractivity contribution in [2.75, 3.05) is 18.8 Å². The zero-order chi connectivity index (χ0) is 12.8. The Bertz CT molecular complexity index is 414. The quantitative estimate of drug-likeness (QED) is 0.696. The summed E-state index contributed by atoms with van der Waals surface area (Å²) in [5.41, 5.74) is 6.29. The van der Waals surface area contributed by atoms with Crippen LogP contribution < -0.4 is 16.4 Å². The molecule has 17 heavy (non-hydrogen) atoms. The summed E-state index contributed by atoms with van der Waals surface area (Å²) >= 11 is 5.77. The number of rotatable bonds is 4. The Labute approximate surface area is 104 Å². The third kappa shape index (κ3) is 4.32. The molecule has 0 aromatic heterocycles. The van der Waals surface area contributed by atoms with E-state index in [1.807, 2.05) is 0 Å². The molecule has 2 amide bonds. The molecule has 0 bridgehead atoms. The molecule has 0 saturated heterocycles. The summed E-state index contributed by atoms with van der Waals surface area (Å²) in [6.45, 7) is 2.26. The maximum atomic E-state index is 11.7. The van der Waals surface area contributed by atoms with Crippen molar-refractivity contribution in [3.63, 3.8) is 0 Å². The summed E-state index contributed by atoms with van der Waals surface area (Å²) in [6.07, 6.45) is 0. The molecule has 0 aliphatic carbocycles. The Kier molecular flexibility index (Phi) is 4.78. The third-order valence-electron chi connectivity index (χ3n) is 1.97. The van der Waals surface area contributed by atoms with Crippen LogP contribution in [0, 0.1) is 0 Å². The molecule has 0 saturated carbocycles. The van der Waals surface area contributed by atoms with Gasteiger partial charge in [-0.15, -0.1) is 0 Å². The molecule has 1 aromatic rings. The summed E-state index contributed by atoms with van der Waals surface area (Å²) in [5.74, 6) is -0.624. The topological polar surface area (TPSA) is 84.2 Å². The molecule has 0 spiro atoms. The van der Waals surface area contributed by atoms with Crippen LogP contribution in [-0.4, -0.2) is 24.9 Å². The van der Waals surface area contributed by atoms with E-state index in [0.29, 0.717) is 22.8 Å². The van der Waals surface area contributed by atoms with Crippen LogP contribution in [0.2, 0.25) is 5.02 Å². The molecule has 0 atom stereocenters. The lowest BCUT2D eigenvalue weighted by atomic mass is 10.2. The van der Waals surface area contributed by atoms with Gasteiger partial charge >= 0.3 is 0 Å². The zero-order valence-corrected chi connectivity index (χ0v) is 10.2. The molecule has 0 radical (unpaired) electrons. The Morgan fingerprint density at radius 1 is 1.29 bits per heavy atom. The number of amides is 2. The average molecular weight is 256 g/mol. The minimum Gasteiger partial charge on any atom is -0.399 e. The molecular weight excluding hydrogens is 242 g/mol. The molecule has 0 unspecified atom stereocenters. The molecule has 0 aliphatic heterocycles. The van der Waals surface area contributed by atoms with Gasteiger partial charge < -0.3 is 16.4 Å². The van der Waals surface area contributed by atoms with E-state index in [2.05, 4.69) is 10.6 Å². The van der Waals surface area contributed by atoms with Crippen LogP contribution >= 0.6 is 11.6 Å². The lowest BCUT2D eigenvalue weighted by Crippen LogP contribution is -2.36. The maximum Gasteiger partial charge on any atom is 0.251 e. The van der Waals surface area contributed by atoms with Crippen molar-refractivity contribution in [3.05, 3.63) is 28.8 Å². The highest BCUT2D eigenvalue weighted by molar-refractivity contribution is 6.31. The maximum absolute atomic E-state index is 11.7. The van der Waals surface area contributed by atoms with Gasteiger partial charge in [-0.3, -0.25) is 9.59 Å². The van der Waals surface area contributed by atoms with E-state index in [4.69, 9.17) is 17.3 Å². The van der Waals surface area contributed by atoms with Gasteiger partial charge in [0.1, 0.15) is 0 Å². The van der Waals surface area contributed by atoms with E-state index >= 15 is 0 Å². The summed E-state index contributed by atoms with van der Waals surface area (Å²) in [6, 6.07) is 4.53. The summed E-state index contributed by atoms with van der Waals surface area (Å²) in [4.78, 5) is 22.8. The molecule has 92 valence electrons. The van der Waals surface area contributed by atoms with Crippen molar-refractivity contribution >= 4 is 29.1 Å². The number of carbonyl (C=O) groups is 2. The fourth-order valence-corrected chi connectivity index (χ4v) is 1.51. The minimum atomic E-state index is -0.384. The Balaban J connectivity index is 2.61. The van der Waals surface area contributed by atoms with Crippen molar-refractivity contribution in [1.29, 1.82) is 0 Å². The van der Waals surface area contributed by atoms with Gasteiger partial charge in [-0.05, 0) is 25.1 Å². The van der Waals surface area contributed by atoms with Crippen molar-refractivity contribution in [1.82, 2.24) is 10.6 Å². The summed E-state index contributed by atoms with van der Waals surface area (Å²) in [7, 11) is 0. The van der Waals surface area contributed by atoms with Gasteiger partial charge in [0.15, 0.2) is 0 Å². The highest BCUT2D eigenvalue weighted by atomic mass is 35.5. The van der Waals surface area contributed by atoms with Crippen molar-refractivity contribution < 1.29 is 9.59 Å². The van der Waals surface area contributed by atoms with Crippen LogP contribution in [0.4, 0.5) is 5.69 Å². The first-order valence-corrected chi connectivity index (χ1v) is 5.51. The second-order valence-electron chi connectivity index (χ2n) is 3.41. The van der Waals surface area contributed by atoms with Crippen molar-refractivity contribution in [2.45, 2.75) is 6.92 Å². The van der Waals surface area contributed by atoms with Crippen LogP contribution in [0.5, 0.6) is 0 Å². The summed E-state index contributed by atoms with van der Waals surface area (Å²) in [5, 5.41) is 5.43. The van der Waals surface area contributed by atoms with E-state index in [-0.39, 0.29) is 18.4 Å². The lowest BCUT2D eigenvalue weighted by Gasteiger charge is -2.06. The molecule has 0 aliphatic rings. The van der Waals surface area contributed by atoms with Gasteiger partial charge in [0.2, 0.25) is 5.91 Å². The first-order chi connectivity index (χ1) is 8.02. The molecule has 0 heterocycles. The number of hydrogen-bond acceptors (Lipinski definition) is 3. The normalized spacial score (nSPS) is 9.76. The highest BCUT2D eigenvalue weighted by Crippen LogP contribution is 2.16. The van der Waals surface area contributed by atoms with Crippen LogP contribution in [0.25, 0.3) is 0 Å². The van der Waals surface area contributed by atoms with E-state index < -0.39 is 0 Å². The first kappa shape index (κ1) is 13.3. The molecule has 4 N–H and O–H groups in total. The van der Waals surface area contributed by atoms with Gasteiger partial charge in [-0.25, -0.2) is 0 Å². The Morgan fingerprint density at radius 3 is 2.59 bits per heavy atom. The second-order valence-corrected chi connectivity index (χ2v) is 3.85. The van der Waals surface area contributed by atoms with Gasteiger partial charge in [-0.1, -0.05) is 11.6 Å². The van der Waals surface area contributed by atoms with Crippen LogP contribution in [0.1, 0.15) is 17.3 Å². The summed E-state index contributed by atoms with van der Waals surface area (Å²) < 4.78 is 0. The molecule has 1 rings (SSSR count). The SMILES string of the molecule is CCNC(=O)CNC(=O)c1cc(N)cc(Cl)c1. The predicted octanol–water partition coefficient (Wildman–Crippen LogP) is 0.788. The zero-order valence-electron chi connectivity index (χ0n) is 9.42. The highest BCUT2D eigenvalue weighted by Gasteiger charge is 2.08. The number of anilines is 1. The largest absolute Gasteiger partial charge is 0.399 e. The molecule has 0 fully saturated rings. The molecule has 6 heteroatoms.